The first-order chi connectivity index (χ1) is 22.5. The van der Waals surface area contributed by atoms with E-state index in [9.17, 15) is 9.90 Å². The Morgan fingerprint density at radius 1 is 0.745 bits per heavy atom. The van der Waals surface area contributed by atoms with Gasteiger partial charge in [0.1, 0.15) is 17.0 Å². The average Bonchev–Trinajstić information content (AvgIpc) is 3.04. The normalized spacial score (nSPS) is 12.6. The Morgan fingerprint density at radius 2 is 1.38 bits per heavy atom. The van der Waals surface area contributed by atoms with Crippen molar-refractivity contribution < 1.29 is 14.6 Å². The number of carbonyl (C=O) groups excluding carboxylic acids is 1. The second-order valence-corrected chi connectivity index (χ2v) is 14.0. The van der Waals surface area contributed by atoms with Crippen molar-refractivity contribution in [1.29, 1.82) is 0 Å². The van der Waals surface area contributed by atoms with Crippen molar-refractivity contribution >= 4 is 28.1 Å². The summed E-state index contributed by atoms with van der Waals surface area (Å²) in [6, 6.07) is 34.3. The highest BCUT2D eigenvalue weighted by molar-refractivity contribution is 6.28. The smallest absolute Gasteiger partial charge is 0.196 e. The lowest BCUT2D eigenvalue weighted by Gasteiger charge is -2.33. The molecule has 1 heterocycles. The Kier molecular flexibility index (Phi) is 7.31. The summed E-state index contributed by atoms with van der Waals surface area (Å²) < 4.78 is 6.66. The minimum Gasteiger partial charge on any atom is -0.507 e. The number of phenols is 1. The topological polar surface area (TPSA) is 84.3 Å². The second kappa shape index (κ2) is 11.4. The number of ketones is 1. The third-order valence-electron chi connectivity index (χ3n) is 8.62. The average molecular weight is 620 g/mol. The monoisotopic (exact) mass is 619 g/mol. The molecule has 1 aromatic heterocycles. The quantitative estimate of drug-likeness (QED) is 0.185. The van der Waals surface area contributed by atoms with Crippen LogP contribution in [0.3, 0.4) is 0 Å². The molecule has 0 atom stereocenters. The maximum Gasteiger partial charge on any atom is 0.196 e. The molecular weight excluding hydrogens is 582 g/mol. The number of hydrogen-bond acceptors (Lipinski definition) is 6. The molecule has 6 heteroatoms. The van der Waals surface area contributed by atoms with Gasteiger partial charge in [-0.3, -0.25) is 4.79 Å². The van der Waals surface area contributed by atoms with Crippen LogP contribution in [0.25, 0.3) is 33.5 Å². The molecule has 234 valence electrons. The van der Waals surface area contributed by atoms with E-state index < -0.39 is 0 Å². The highest BCUT2D eigenvalue weighted by Crippen LogP contribution is 2.47. The molecular formula is C41H37N3O3. The SMILES string of the molecule is CC(C)(C)CC(C)(C)c1ccc(Oc2cc(Nc3ccccc3)c3c4c(nc(-c5ccccc5O)nc24)-c2ccccc2C3=O)cc1. The maximum absolute atomic E-state index is 14.2. The van der Waals surface area contributed by atoms with Gasteiger partial charge >= 0.3 is 0 Å². The Morgan fingerprint density at radius 3 is 2.06 bits per heavy atom. The van der Waals surface area contributed by atoms with Gasteiger partial charge in [-0.2, -0.15) is 0 Å². The van der Waals surface area contributed by atoms with E-state index in [1.165, 1.54) is 5.56 Å². The Bertz CT molecular complexity index is 2150. The van der Waals surface area contributed by atoms with Gasteiger partial charge in [-0.15, -0.1) is 0 Å². The predicted octanol–water partition coefficient (Wildman–Crippen LogP) is 10.5. The Labute approximate surface area is 275 Å². The van der Waals surface area contributed by atoms with E-state index in [1.807, 2.05) is 78.9 Å². The third-order valence-corrected chi connectivity index (χ3v) is 8.62. The molecule has 6 nitrogen and oxygen atoms in total. The van der Waals surface area contributed by atoms with E-state index in [1.54, 1.807) is 18.2 Å². The minimum atomic E-state index is -0.118. The number of fused-ring (bicyclic) bond motifs is 2. The summed E-state index contributed by atoms with van der Waals surface area (Å²) in [5.41, 5.74) is 6.17. The van der Waals surface area contributed by atoms with Crippen molar-refractivity contribution in [2.75, 3.05) is 5.32 Å². The first-order valence-electron chi connectivity index (χ1n) is 15.9. The summed E-state index contributed by atoms with van der Waals surface area (Å²) in [6.07, 6.45) is 1.03. The molecule has 1 aliphatic rings. The number of phenolic OH excluding ortho intramolecular Hbond substituents is 1. The van der Waals surface area contributed by atoms with Crippen LogP contribution in [0.1, 0.15) is 62.5 Å². The zero-order valence-corrected chi connectivity index (χ0v) is 27.3. The van der Waals surface area contributed by atoms with Gasteiger partial charge in [0.05, 0.1) is 22.5 Å². The van der Waals surface area contributed by atoms with Crippen LogP contribution in [-0.2, 0) is 5.41 Å². The number of benzene rings is 5. The molecule has 1 aliphatic carbocycles. The summed E-state index contributed by atoms with van der Waals surface area (Å²) >= 11 is 0. The molecule has 0 unspecified atom stereocenters. The molecule has 0 bridgehead atoms. The minimum absolute atomic E-state index is 0.0165. The largest absolute Gasteiger partial charge is 0.507 e. The second-order valence-electron chi connectivity index (χ2n) is 14.0. The Hall–Kier alpha value is -5.49. The van der Waals surface area contributed by atoms with Gasteiger partial charge < -0.3 is 15.2 Å². The van der Waals surface area contributed by atoms with E-state index in [0.29, 0.717) is 61.9 Å². The molecule has 0 aliphatic heterocycles. The van der Waals surface area contributed by atoms with Crippen LogP contribution in [0.5, 0.6) is 17.2 Å². The molecule has 0 saturated heterocycles. The fourth-order valence-corrected chi connectivity index (χ4v) is 6.90. The van der Waals surface area contributed by atoms with Crippen molar-refractivity contribution in [3.63, 3.8) is 0 Å². The molecule has 0 amide bonds. The van der Waals surface area contributed by atoms with Crippen LogP contribution < -0.4 is 10.1 Å². The number of hydrogen-bond donors (Lipinski definition) is 2. The van der Waals surface area contributed by atoms with Crippen LogP contribution in [0, 0.1) is 5.41 Å². The van der Waals surface area contributed by atoms with Crippen LogP contribution in [0.15, 0.2) is 109 Å². The lowest BCUT2D eigenvalue weighted by Crippen LogP contribution is -2.24. The van der Waals surface area contributed by atoms with Crippen molar-refractivity contribution in [2.45, 2.75) is 46.5 Å². The van der Waals surface area contributed by atoms with Gasteiger partial charge in [0.2, 0.25) is 0 Å². The fourth-order valence-electron chi connectivity index (χ4n) is 6.90. The number of nitrogens with one attached hydrogen (secondary N) is 1. The van der Waals surface area contributed by atoms with Gasteiger partial charge in [-0.25, -0.2) is 9.97 Å². The van der Waals surface area contributed by atoms with Gasteiger partial charge in [0.25, 0.3) is 0 Å². The molecule has 7 rings (SSSR count). The standard InChI is InChI=1S/C41H37N3O3/c1-40(2,3)24-41(4,5)25-19-21-27(22-20-25)47-33-23-31(42-26-13-7-6-8-14-26)34-35-36(28-15-9-10-16-29(28)38(34)46)43-39(44-37(33)35)30-17-11-12-18-32(30)45/h6-23,42,45H,24H2,1-5H3. The zero-order valence-electron chi connectivity index (χ0n) is 27.3. The van der Waals surface area contributed by atoms with Crippen molar-refractivity contribution in [1.82, 2.24) is 9.97 Å². The summed E-state index contributed by atoms with van der Waals surface area (Å²) in [5.74, 6) is 1.41. The van der Waals surface area contributed by atoms with Crippen LogP contribution in [0.2, 0.25) is 0 Å². The fraction of sp³-hybridized carbons (Fsp3) is 0.195. The summed E-state index contributed by atoms with van der Waals surface area (Å²) in [5, 5.41) is 14.9. The highest BCUT2D eigenvalue weighted by atomic mass is 16.5. The third kappa shape index (κ3) is 5.72. The number of nitrogens with zero attached hydrogens (tertiary/aromatic N) is 2. The summed E-state index contributed by atoms with van der Waals surface area (Å²) in [6.45, 7) is 11.3. The number of para-hydroxylation sites is 2. The molecule has 0 fully saturated rings. The lowest BCUT2D eigenvalue weighted by molar-refractivity contribution is 0.104. The van der Waals surface area contributed by atoms with E-state index in [-0.39, 0.29) is 22.4 Å². The molecule has 47 heavy (non-hydrogen) atoms. The first-order valence-corrected chi connectivity index (χ1v) is 15.9. The molecule has 0 saturated carbocycles. The number of ether oxygens (including phenoxy) is 1. The lowest BCUT2D eigenvalue weighted by atomic mass is 9.72. The molecule has 5 aromatic carbocycles. The molecule has 0 spiro atoms. The van der Waals surface area contributed by atoms with Gasteiger partial charge in [-0.05, 0) is 59.2 Å². The Balaban J connectivity index is 1.45. The number of aromatic nitrogens is 2. The first kappa shape index (κ1) is 30.2. The van der Waals surface area contributed by atoms with Crippen molar-refractivity contribution in [3.05, 3.63) is 126 Å². The van der Waals surface area contributed by atoms with Crippen LogP contribution >= 0.6 is 0 Å². The molecule has 6 aromatic rings. The van der Waals surface area contributed by atoms with Crippen LogP contribution in [-0.4, -0.2) is 20.9 Å². The number of rotatable bonds is 7. The van der Waals surface area contributed by atoms with E-state index in [4.69, 9.17) is 14.7 Å². The maximum atomic E-state index is 14.2. The number of aromatic hydroxyl groups is 1. The summed E-state index contributed by atoms with van der Waals surface area (Å²) in [7, 11) is 0. The van der Waals surface area contributed by atoms with Gasteiger partial charge in [0.15, 0.2) is 17.4 Å². The molecule has 0 radical (unpaired) electrons. The zero-order chi connectivity index (χ0) is 32.9. The predicted molar refractivity (Wildman–Crippen MR) is 189 cm³/mol. The van der Waals surface area contributed by atoms with Crippen molar-refractivity contribution in [2.24, 2.45) is 5.41 Å². The highest BCUT2D eigenvalue weighted by Gasteiger charge is 2.33. The number of carbonyl (C=O) groups is 1. The van der Waals surface area contributed by atoms with Gasteiger partial charge in [-0.1, -0.05) is 101 Å². The van der Waals surface area contributed by atoms with Gasteiger partial charge in [0, 0.05) is 28.3 Å². The summed E-state index contributed by atoms with van der Waals surface area (Å²) in [4.78, 5) is 24.2. The van der Waals surface area contributed by atoms with Crippen molar-refractivity contribution in [3.8, 4) is 39.9 Å². The molecule has 2 N–H and O–H groups in total. The van der Waals surface area contributed by atoms with E-state index in [2.05, 4.69) is 52.1 Å². The number of anilines is 2. The van der Waals surface area contributed by atoms with E-state index >= 15 is 0 Å². The van der Waals surface area contributed by atoms with Crippen LogP contribution in [0.4, 0.5) is 11.4 Å². The van der Waals surface area contributed by atoms with E-state index in [0.717, 1.165) is 12.1 Å².